The first-order valence-corrected chi connectivity index (χ1v) is 12.0. The number of aliphatic imine (C=N–C) groups is 1. The average Bonchev–Trinajstić information content (AvgIpc) is 3.57. The number of aryl methyl sites for hydroxylation is 1. The first-order valence-electron chi connectivity index (χ1n) is 12.0. The second kappa shape index (κ2) is 9.79. The zero-order valence-electron chi connectivity index (χ0n) is 20.6. The van der Waals surface area contributed by atoms with Crippen molar-refractivity contribution in [1.82, 2.24) is 19.4 Å². The Labute approximate surface area is 213 Å². The van der Waals surface area contributed by atoms with Crippen molar-refractivity contribution < 1.29 is 24.1 Å². The normalized spacial score (nSPS) is 20.1. The van der Waals surface area contributed by atoms with E-state index in [1.54, 1.807) is 31.6 Å². The summed E-state index contributed by atoms with van der Waals surface area (Å²) in [6, 6.07) is 11.3. The zero-order valence-corrected chi connectivity index (χ0v) is 20.6. The smallest absolute Gasteiger partial charge is 0.280 e. The quantitative estimate of drug-likeness (QED) is 0.456. The van der Waals surface area contributed by atoms with E-state index in [1.165, 1.54) is 17.0 Å². The predicted molar refractivity (Wildman–Crippen MR) is 136 cm³/mol. The third kappa shape index (κ3) is 4.28. The Morgan fingerprint density at radius 1 is 1.19 bits per heavy atom. The number of aromatic nitrogens is 2. The van der Waals surface area contributed by atoms with Crippen molar-refractivity contribution in [1.29, 1.82) is 0 Å². The number of hydrogen-bond acceptors (Lipinski definition) is 7. The first kappa shape index (κ1) is 24.7. The lowest BCUT2D eigenvalue weighted by molar-refractivity contribution is -0.127. The minimum atomic E-state index is -1.13. The van der Waals surface area contributed by atoms with Gasteiger partial charge in [0.15, 0.2) is 0 Å². The Morgan fingerprint density at radius 2 is 1.97 bits per heavy atom. The van der Waals surface area contributed by atoms with Crippen LogP contribution in [0.1, 0.15) is 23.2 Å². The van der Waals surface area contributed by atoms with E-state index in [4.69, 9.17) is 4.74 Å². The fraction of sp³-hybridized carbons (Fsp3) is 0.296. The number of rotatable bonds is 8. The first-order chi connectivity index (χ1) is 17.9. The number of nitrogens with zero attached hydrogens (tertiary/aromatic N) is 5. The van der Waals surface area contributed by atoms with Crippen LogP contribution in [0.15, 0.2) is 65.7 Å². The number of ether oxygens (including phenoxy) is 1. The van der Waals surface area contributed by atoms with Crippen LogP contribution in [0.2, 0.25) is 0 Å². The molecule has 0 spiro atoms. The summed E-state index contributed by atoms with van der Waals surface area (Å²) >= 11 is 0. The molecule has 192 valence electrons. The van der Waals surface area contributed by atoms with E-state index in [0.29, 0.717) is 35.8 Å². The molecule has 2 aromatic carbocycles. The van der Waals surface area contributed by atoms with Gasteiger partial charge in [-0.2, -0.15) is 0 Å². The summed E-state index contributed by atoms with van der Waals surface area (Å²) in [5.41, 5.74) is 2.07. The maximum Gasteiger partial charge on any atom is 0.280 e. The molecule has 37 heavy (non-hydrogen) atoms. The van der Waals surface area contributed by atoms with Crippen molar-refractivity contribution >= 4 is 17.9 Å². The monoisotopic (exact) mass is 505 g/mol. The maximum atomic E-state index is 13.7. The molecule has 5 rings (SSSR count). The molecule has 0 saturated carbocycles. The molecular formula is C27H28FN5O4. The van der Waals surface area contributed by atoms with Gasteiger partial charge in [0.05, 0.1) is 38.0 Å². The number of halogens is 1. The number of hydrogen-bond donors (Lipinski definition) is 2. The van der Waals surface area contributed by atoms with Gasteiger partial charge in [0.25, 0.3) is 5.91 Å². The molecule has 1 amide bonds. The molecule has 2 N–H and O–H groups in total. The highest BCUT2D eigenvalue weighted by molar-refractivity contribution is 6.15. The van der Waals surface area contributed by atoms with Crippen molar-refractivity contribution in [2.24, 2.45) is 4.99 Å². The van der Waals surface area contributed by atoms with E-state index in [-0.39, 0.29) is 31.4 Å². The van der Waals surface area contributed by atoms with Gasteiger partial charge in [-0.25, -0.2) is 14.4 Å². The third-order valence-electron chi connectivity index (χ3n) is 6.73. The number of fused-ring (bicyclic) bond motifs is 1. The fourth-order valence-electron chi connectivity index (χ4n) is 4.90. The molecule has 0 bridgehead atoms. The van der Waals surface area contributed by atoms with Crippen LogP contribution in [0.3, 0.4) is 0 Å². The number of benzene rings is 2. The van der Waals surface area contributed by atoms with Gasteiger partial charge in [0.1, 0.15) is 22.8 Å². The van der Waals surface area contributed by atoms with Gasteiger partial charge in [-0.3, -0.25) is 9.69 Å². The van der Waals surface area contributed by atoms with Crippen molar-refractivity contribution in [3.63, 3.8) is 0 Å². The number of carbonyl (C=O) groups excluding carboxylic acids is 1. The largest absolute Gasteiger partial charge is 0.495 e. The number of aliphatic hydroxyl groups excluding tert-OH is 2. The molecule has 9 nitrogen and oxygen atoms in total. The molecule has 1 saturated heterocycles. The number of guanidine groups is 1. The van der Waals surface area contributed by atoms with E-state index >= 15 is 0 Å². The SMILES string of the molecule is COc1cc(/C=C2\N=C3N(CCCO)CC(CO)(c4ccc(F)cc4)N3C2=O)ccc1-n1cnc(C)c1. The van der Waals surface area contributed by atoms with E-state index in [9.17, 15) is 19.4 Å². The van der Waals surface area contributed by atoms with Crippen LogP contribution in [0.25, 0.3) is 11.8 Å². The third-order valence-corrected chi connectivity index (χ3v) is 6.73. The van der Waals surface area contributed by atoms with E-state index in [0.717, 1.165) is 11.4 Å². The number of methoxy groups -OCH3 is 1. The lowest BCUT2D eigenvalue weighted by atomic mass is 9.89. The van der Waals surface area contributed by atoms with Crippen LogP contribution in [0, 0.1) is 12.7 Å². The Morgan fingerprint density at radius 3 is 2.62 bits per heavy atom. The van der Waals surface area contributed by atoms with Crippen LogP contribution >= 0.6 is 0 Å². The number of amides is 1. The van der Waals surface area contributed by atoms with E-state index in [2.05, 4.69) is 9.98 Å². The summed E-state index contributed by atoms with van der Waals surface area (Å²) in [5.74, 6) is 0.233. The van der Waals surface area contributed by atoms with Crippen LogP contribution in [-0.2, 0) is 10.3 Å². The Hall–Kier alpha value is -4.02. The standard InChI is InChI=1S/C27H28FN5O4/c1-18-14-32(17-29-18)23-9-4-19(13-24(23)37-2)12-22-25(36)33-26(30-22)31(10-3-11-34)15-27(33,16-35)20-5-7-21(28)8-6-20/h4-9,12-14,17,34-35H,3,10-11,15-16H2,1-2H3/b22-12-. The number of aliphatic hydroxyl groups is 2. The van der Waals surface area contributed by atoms with Crippen LogP contribution < -0.4 is 4.74 Å². The molecule has 2 aliphatic rings. The van der Waals surface area contributed by atoms with Crippen LogP contribution in [0.5, 0.6) is 5.75 Å². The topological polar surface area (TPSA) is 103 Å². The molecule has 3 aromatic rings. The van der Waals surface area contributed by atoms with E-state index < -0.39 is 11.4 Å². The summed E-state index contributed by atoms with van der Waals surface area (Å²) in [6.07, 6.45) is 5.74. The number of carbonyl (C=O) groups is 1. The highest BCUT2D eigenvalue weighted by Crippen LogP contribution is 2.41. The van der Waals surface area contributed by atoms with E-state index in [1.807, 2.05) is 40.8 Å². The molecule has 1 fully saturated rings. The minimum Gasteiger partial charge on any atom is -0.495 e. The number of imidazole rings is 1. The molecule has 0 aliphatic carbocycles. The summed E-state index contributed by atoms with van der Waals surface area (Å²) < 4.78 is 21.1. The zero-order chi connectivity index (χ0) is 26.2. The highest BCUT2D eigenvalue weighted by Gasteiger charge is 2.55. The van der Waals surface area contributed by atoms with Crippen molar-refractivity contribution in [2.45, 2.75) is 18.9 Å². The molecule has 2 aliphatic heterocycles. The Kier molecular flexibility index (Phi) is 6.53. The molecule has 1 unspecified atom stereocenters. The molecular weight excluding hydrogens is 477 g/mol. The molecule has 10 heteroatoms. The lowest BCUT2D eigenvalue weighted by Crippen LogP contribution is -2.49. The second-order valence-corrected chi connectivity index (χ2v) is 9.13. The maximum absolute atomic E-state index is 13.7. The lowest BCUT2D eigenvalue weighted by Gasteiger charge is -2.33. The van der Waals surface area contributed by atoms with Gasteiger partial charge in [-0.1, -0.05) is 18.2 Å². The fourth-order valence-corrected chi connectivity index (χ4v) is 4.90. The summed E-state index contributed by atoms with van der Waals surface area (Å²) in [5, 5.41) is 20.0. The molecule has 0 radical (unpaired) electrons. The summed E-state index contributed by atoms with van der Waals surface area (Å²) in [6.45, 7) is 2.23. The minimum absolute atomic E-state index is 0.0221. The molecule has 3 heterocycles. The average molecular weight is 506 g/mol. The Balaban J connectivity index is 1.54. The van der Waals surface area contributed by atoms with Gasteiger partial charge >= 0.3 is 0 Å². The summed E-state index contributed by atoms with van der Waals surface area (Å²) in [7, 11) is 1.58. The Bertz CT molecular complexity index is 1380. The molecule has 1 atom stereocenters. The van der Waals surface area contributed by atoms with Gasteiger partial charge in [-0.15, -0.1) is 0 Å². The summed E-state index contributed by atoms with van der Waals surface area (Å²) in [4.78, 5) is 26.0. The van der Waals surface area contributed by atoms with Crippen molar-refractivity contribution in [3.05, 3.63) is 83.3 Å². The van der Waals surface area contributed by atoms with Crippen molar-refractivity contribution in [3.8, 4) is 11.4 Å². The molecule has 1 aromatic heterocycles. The van der Waals surface area contributed by atoms with Gasteiger partial charge in [0, 0.05) is 19.3 Å². The van der Waals surface area contributed by atoms with Crippen LogP contribution in [-0.4, -0.2) is 74.8 Å². The highest BCUT2D eigenvalue weighted by atomic mass is 19.1. The predicted octanol–water partition coefficient (Wildman–Crippen LogP) is 2.45. The van der Waals surface area contributed by atoms with Gasteiger partial charge < -0.3 is 24.4 Å². The van der Waals surface area contributed by atoms with Gasteiger partial charge in [0.2, 0.25) is 5.96 Å². The van der Waals surface area contributed by atoms with Crippen molar-refractivity contribution in [2.75, 3.05) is 33.4 Å². The van der Waals surface area contributed by atoms with Crippen LogP contribution in [0.4, 0.5) is 4.39 Å². The van der Waals surface area contributed by atoms with Gasteiger partial charge in [-0.05, 0) is 54.8 Å². The second-order valence-electron chi connectivity index (χ2n) is 9.13.